The van der Waals surface area contributed by atoms with E-state index in [9.17, 15) is 34.5 Å². The van der Waals surface area contributed by atoms with Crippen molar-refractivity contribution in [3.05, 3.63) is 71.8 Å². The fraction of sp³-hybridized carbons (Fsp3) is 0.273. The maximum absolute atomic E-state index is 12.8. The molecule has 0 saturated carbocycles. The number of aliphatic hydroxyl groups excluding tert-OH is 1. The van der Waals surface area contributed by atoms with Gasteiger partial charge >= 0.3 is 18.0 Å². The summed E-state index contributed by atoms with van der Waals surface area (Å²) in [5, 5.41) is 30.6. The van der Waals surface area contributed by atoms with E-state index >= 15 is 0 Å². The Morgan fingerprint density at radius 2 is 1.47 bits per heavy atom. The van der Waals surface area contributed by atoms with E-state index in [1.165, 1.54) is 0 Å². The zero-order chi connectivity index (χ0) is 23.5. The number of aliphatic hydroxyl groups is 1. The highest BCUT2D eigenvalue weighted by atomic mass is 16.6. The SMILES string of the molecule is O=C(O)CC(C(=O)NC(Cc1ccccc1)C(=O)O)N(CO)C(=O)OCc1ccccc1. The number of carbonyl (C=O) groups excluding carboxylic acids is 2. The molecule has 2 aromatic rings. The molecule has 2 amide bonds. The minimum atomic E-state index is -1.68. The van der Waals surface area contributed by atoms with Gasteiger partial charge in [0.1, 0.15) is 25.4 Å². The Morgan fingerprint density at radius 1 is 0.906 bits per heavy atom. The first-order chi connectivity index (χ1) is 15.3. The number of benzene rings is 2. The second kappa shape index (κ2) is 12.1. The lowest BCUT2D eigenvalue weighted by molar-refractivity contribution is -0.145. The molecule has 170 valence electrons. The lowest BCUT2D eigenvalue weighted by atomic mass is 10.0. The van der Waals surface area contributed by atoms with Crippen LogP contribution in [-0.2, 0) is 32.1 Å². The molecule has 0 aliphatic rings. The first-order valence-electron chi connectivity index (χ1n) is 9.69. The van der Waals surface area contributed by atoms with Crippen molar-refractivity contribution in [2.45, 2.75) is 31.5 Å². The molecule has 0 aromatic heterocycles. The molecule has 32 heavy (non-hydrogen) atoms. The molecule has 0 radical (unpaired) electrons. The van der Waals surface area contributed by atoms with E-state index in [4.69, 9.17) is 4.74 Å². The molecule has 0 bridgehead atoms. The van der Waals surface area contributed by atoms with Crippen LogP contribution in [0.2, 0.25) is 0 Å². The van der Waals surface area contributed by atoms with Gasteiger partial charge in [-0.25, -0.2) is 9.59 Å². The van der Waals surface area contributed by atoms with Crippen LogP contribution in [0.25, 0.3) is 0 Å². The van der Waals surface area contributed by atoms with E-state index in [0.29, 0.717) is 16.0 Å². The molecule has 0 saturated heterocycles. The molecule has 0 aliphatic carbocycles. The second-order valence-electron chi connectivity index (χ2n) is 6.85. The highest BCUT2D eigenvalue weighted by molar-refractivity contribution is 5.92. The van der Waals surface area contributed by atoms with Gasteiger partial charge in [0.2, 0.25) is 5.91 Å². The van der Waals surface area contributed by atoms with Crippen LogP contribution >= 0.6 is 0 Å². The molecule has 4 N–H and O–H groups in total. The predicted molar refractivity (Wildman–Crippen MR) is 111 cm³/mol. The van der Waals surface area contributed by atoms with Crippen LogP contribution in [0, 0.1) is 0 Å². The fourth-order valence-corrected chi connectivity index (χ4v) is 2.91. The summed E-state index contributed by atoms with van der Waals surface area (Å²) >= 11 is 0. The third-order valence-corrected chi connectivity index (χ3v) is 4.54. The third-order valence-electron chi connectivity index (χ3n) is 4.54. The van der Waals surface area contributed by atoms with E-state index in [-0.39, 0.29) is 13.0 Å². The quantitative estimate of drug-likeness (QED) is 0.378. The van der Waals surface area contributed by atoms with Crippen LogP contribution in [0.15, 0.2) is 60.7 Å². The first kappa shape index (κ1) is 24.4. The van der Waals surface area contributed by atoms with E-state index in [1.54, 1.807) is 60.7 Å². The topological polar surface area (TPSA) is 153 Å². The van der Waals surface area contributed by atoms with Crippen molar-refractivity contribution >= 4 is 23.9 Å². The summed E-state index contributed by atoms with van der Waals surface area (Å²) in [6.45, 7) is -1.17. The van der Waals surface area contributed by atoms with Crippen molar-refractivity contribution in [3.63, 3.8) is 0 Å². The lowest BCUT2D eigenvalue weighted by Crippen LogP contribution is -2.54. The Kier molecular flexibility index (Phi) is 9.18. The number of carboxylic acids is 2. The Labute approximate surface area is 184 Å². The molecule has 10 nitrogen and oxygen atoms in total. The number of nitrogens with one attached hydrogen (secondary N) is 1. The van der Waals surface area contributed by atoms with Crippen LogP contribution in [0.4, 0.5) is 4.79 Å². The first-order valence-corrected chi connectivity index (χ1v) is 9.69. The predicted octanol–water partition coefficient (Wildman–Crippen LogP) is 1.23. The summed E-state index contributed by atoms with van der Waals surface area (Å²) in [4.78, 5) is 48.7. The molecule has 2 rings (SSSR count). The van der Waals surface area contributed by atoms with Gasteiger partial charge in [0.05, 0.1) is 6.42 Å². The van der Waals surface area contributed by atoms with E-state index in [1.807, 2.05) is 0 Å². The van der Waals surface area contributed by atoms with Gasteiger partial charge in [0.15, 0.2) is 0 Å². The number of ether oxygens (including phenoxy) is 1. The van der Waals surface area contributed by atoms with Crippen molar-refractivity contribution in [3.8, 4) is 0 Å². The maximum Gasteiger partial charge on any atom is 0.412 e. The number of aliphatic carboxylic acids is 2. The van der Waals surface area contributed by atoms with Gasteiger partial charge in [-0.05, 0) is 11.1 Å². The molecular formula is C22H24N2O8. The smallest absolute Gasteiger partial charge is 0.412 e. The largest absolute Gasteiger partial charge is 0.481 e. The van der Waals surface area contributed by atoms with Gasteiger partial charge in [-0.15, -0.1) is 0 Å². The summed E-state index contributed by atoms with van der Waals surface area (Å²) in [6, 6.07) is 14.1. The van der Waals surface area contributed by atoms with Crippen molar-refractivity contribution < 1.29 is 39.2 Å². The Balaban J connectivity index is 2.13. The number of rotatable bonds is 11. The van der Waals surface area contributed by atoms with Crippen LogP contribution in [-0.4, -0.2) is 63.0 Å². The van der Waals surface area contributed by atoms with Gasteiger partial charge in [-0.1, -0.05) is 60.7 Å². The molecular weight excluding hydrogens is 420 g/mol. The minimum Gasteiger partial charge on any atom is -0.481 e. The molecule has 0 fully saturated rings. The fourth-order valence-electron chi connectivity index (χ4n) is 2.91. The normalized spacial score (nSPS) is 12.3. The van der Waals surface area contributed by atoms with Crippen LogP contribution in [0.1, 0.15) is 17.5 Å². The summed E-state index contributed by atoms with van der Waals surface area (Å²) in [7, 11) is 0. The second-order valence-corrected chi connectivity index (χ2v) is 6.85. The Morgan fingerprint density at radius 3 is 1.97 bits per heavy atom. The number of nitrogens with zero attached hydrogens (tertiary/aromatic N) is 1. The number of hydrogen-bond donors (Lipinski definition) is 4. The monoisotopic (exact) mass is 444 g/mol. The summed E-state index contributed by atoms with van der Waals surface area (Å²) in [5.41, 5.74) is 1.28. The molecule has 10 heteroatoms. The van der Waals surface area contributed by atoms with Crippen LogP contribution < -0.4 is 5.32 Å². The highest BCUT2D eigenvalue weighted by Crippen LogP contribution is 2.11. The molecule has 2 atom stereocenters. The standard InChI is InChI=1S/C22H24N2O8/c25-14-24(22(31)32-13-16-9-5-2-6-10-16)18(12-19(26)27)20(28)23-17(21(29)30)11-15-7-3-1-4-8-15/h1-10,17-18,25H,11-14H2,(H,23,28)(H,26,27)(H,29,30). The molecule has 0 heterocycles. The highest BCUT2D eigenvalue weighted by Gasteiger charge is 2.35. The number of hydrogen-bond acceptors (Lipinski definition) is 6. The summed E-state index contributed by atoms with van der Waals surface area (Å²) in [5.74, 6) is -3.80. The van der Waals surface area contributed by atoms with E-state index in [0.717, 1.165) is 0 Å². The third kappa shape index (κ3) is 7.40. The molecule has 2 aromatic carbocycles. The Hall–Kier alpha value is -3.92. The Bertz CT molecular complexity index is 920. The van der Waals surface area contributed by atoms with Crippen LogP contribution in [0.5, 0.6) is 0 Å². The van der Waals surface area contributed by atoms with E-state index in [2.05, 4.69) is 5.32 Å². The van der Waals surface area contributed by atoms with Crippen molar-refractivity contribution in [1.29, 1.82) is 0 Å². The van der Waals surface area contributed by atoms with Gasteiger partial charge in [0, 0.05) is 6.42 Å². The van der Waals surface area contributed by atoms with Crippen molar-refractivity contribution in [1.82, 2.24) is 10.2 Å². The maximum atomic E-state index is 12.8. The van der Waals surface area contributed by atoms with Gasteiger partial charge in [0.25, 0.3) is 0 Å². The van der Waals surface area contributed by atoms with Crippen molar-refractivity contribution in [2.24, 2.45) is 0 Å². The van der Waals surface area contributed by atoms with Crippen molar-refractivity contribution in [2.75, 3.05) is 6.73 Å². The molecule has 0 spiro atoms. The average molecular weight is 444 g/mol. The average Bonchev–Trinajstić information content (AvgIpc) is 2.78. The number of carbonyl (C=O) groups is 4. The van der Waals surface area contributed by atoms with Crippen LogP contribution in [0.3, 0.4) is 0 Å². The van der Waals surface area contributed by atoms with E-state index < -0.39 is 49.2 Å². The summed E-state index contributed by atoms with van der Waals surface area (Å²) < 4.78 is 5.08. The number of carboxylic acid groups (broad SMARTS) is 2. The van der Waals surface area contributed by atoms with Gasteiger partial charge < -0.3 is 25.4 Å². The van der Waals surface area contributed by atoms with Gasteiger partial charge in [-0.2, -0.15) is 0 Å². The zero-order valence-electron chi connectivity index (χ0n) is 17.1. The minimum absolute atomic E-state index is 0.0563. The summed E-state index contributed by atoms with van der Waals surface area (Å²) in [6.07, 6.45) is -2.03. The molecule has 2 unspecified atom stereocenters. The molecule has 0 aliphatic heterocycles. The lowest BCUT2D eigenvalue weighted by Gasteiger charge is -2.28. The zero-order valence-corrected chi connectivity index (χ0v) is 17.1. The van der Waals surface area contributed by atoms with Gasteiger partial charge in [-0.3, -0.25) is 14.5 Å². The number of amides is 2.